The summed E-state index contributed by atoms with van der Waals surface area (Å²) in [4.78, 5) is 9.73. The van der Waals surface area contributed by atoms with Gasteiger partial charge in [0, 0.05) is 6.00 Å². The minimum atomic E-state index is -3.62. The van der Waals surface area contributed by atoms with E-state index in [2.05, 4.69) is 0 Å². The summed E-state index contributed by atoms with van der Waals surface area (Å²) >= 11 is 0. The Bertz CT molecular complexity index is 310. The summed E-state index contributed by atoms with van der Waals surface area (Å²) in [5.41, 5.74) is -0.444. The third-order valence-electron chi connectivity index (χ3n) is 2.76. The fourth-order valence-electron chi connectivity index (χ4n) is 1.61. The lowest BCUT2D eigenvalue weighted by Crippen LogP contribution is -2.30. The molecule has 1 unspecified atom stereocenters. The zero-order chi connectivity index (χ0) is 13.9. The molecule has 0 spiro atoms. The van der Waals surface area contributed by atoms with Crippen LogP contribution in [0.2, 0.25) is 0 Å². The van der Waals surface area contributed by atoms with Crippen molar-refractivity contribution in [2.75, 3.05) is 6.61 Å². The third-order valence-corrected chi connectivity index (χ3v) is 4.64. The Morgan fingerprint density at radius 3 is 2.56 bits per heavy atom. The van der Waals surface area contributed by atoms with Crippen LogP contribution in [0.3, 0.4) is 0 Å². The zero-order valence-electron chi connectivity index (χ0n) is 11.4. The maximum Gasteiger partial charge on any atom is 0.330 e. The lowest BCUT2D eigenvalue weighted by atomic mass is 9.96. The van der Waals surface area contributed by atoms with Gasteiger partial charge < -0.3 is 18.9 Å². The number of hydrogen-bond acceptors (Lipinski definition) is 4. The molecule has 0 aromatic carbocycles. The topological polar surface area (TPSA) is 65.0 Å². The molecule has 1 N–H and O–H groups in total. The minimum Gasteiger partial charge on any atom is -0.380 e. The molecule has 1 saturated heterocycles. The molecular formula is C11H22BO5P. The highest BCUT2D eigenvalue weighted by Gasteiger charge is 2.39. The second-order valence-electron chi connectivity index (χ2n) is 5.13. The van der Waals surface area contributed by atoms with Gasteiger partial charge in [-0.05, 0) is 20.3 Å². The largest absolute Gasteiger partial charge is 0.380 e. The molecule has 2 radical (unpaired) electrons. The average Bonchev–Trinajstić information content (AvgIpc) is 2.54. The maximum absolute atomic E-state index is 11.9. The van der Waals surface area contributed by atoms with Crippen molar-refractivity contribution in [1.29, 1.82) is 0 Å². The number of rotatable bonds is 6. The van der Waals surface area contributed by atoms with Crippen molar-refractivity contribution in [3.05, 3.63) is 0 Å². The summed E-state index contributed by atoms with van der Waals surface area (Å²) in [5, 5.41) is 0. The van der Waals surface area contributed by atoms with Crippen molar-refractivity contribution >= 4 is 15.4 Å². The maximum atomic E-state index is 11.9. The van der Waals surface area contributed by atoms with Gasteiger partial charge in [-0.25, -0.2) is 0 Å². The van der Waals surface area contributed by atoms with Crippen LogP contribution >= 0.6 is 7.60 Å². The van der Waals surface area contributed by atoms with Gasteiger partial charge in [-0.1, -0.05) is 13.8 Å². The lowest BCUT2D eigenvalue weighted by molar-refractivity contribution is -0.0432. The van der Waals surface area contributed by atoms with E-state index in [0.717, 1.165) is 0 Å². The Morgan fingerprint density at radius 2 is 2.06 bits per heavy atom. The molecular weight excluding hydrogens is 254 g/mol. The van der Waals surface area contributed by atoms with Gasteiger partial charge in [-0.15, -0.1) is 0 Å². The second kappa shape index (κ2) is 6.53. The van der Waals surface area contributed by atoms with Gasteiger partial charge in [0.15, 0.2) is 0 Å². The van der Waals surface area contributed by atoms with Crippen molar-refractivity contribution in [1.82, 2.24) is 0 Å². The van der Waals surface area contributed by atoms with Crippen molar-refractivity contribution in [3.63, 3.8) is 0 Å². The predicted molar refractivity (Wildman–Crippen MR) is 70.0 cm³/mol. The first-order chi connectivity index (χ1) is 8.22. The average molecular weight is 276 g/mol. The van der Waals surface area contributed by atoms with Crippen LogP contribution < -0.4 is 0 Å². The van der Waals surface area contributed by atoms with E-state index >= 15 is 0 Å². The molecule has 0 amide bonds. The molecule has 1 aliphatic heterocycles. The van der Waals surface area contributed by atoms with Gasteiger partial charge >= 0.3 is 7.60 Å². The molecule has 0 saturated carbocycles. The summed E-state index contributed by atoms with van der Waals surface area (Å²) in [5.74, 6) is 0. The molecule has 1 heterocycles. The molecule has 1 aliphatic rings. The molecule has 0 aromatic heterocycles. The first-order valence-corrected chi connectivity index (χ1v) is 7.90. The van der Waals surface area contributed by atoms with E-state index in [4.69, 9.17) is 21.8 Å². The molecule has 0 aromatic rings. The first kappa shape index (κ1) is 16.2. The SMILES string of the molecule is [B][C@H]1C[C@H](OP(=O)(O)C(C)C)[C@@H](COC(C)C)O1. The van der Waals surface area contributed by atoms with E-state index in [9.17, 15) is 9.46 Å². The van der Waals surface area contributed by atoms with Crippen LogP contribution in [0.1, 0.15) is 34.1 Å². The van der Waals surface area contributed by atoms with Gasteiger partial charge in [0.1, 0.15) is 14.0 Å². The van der Waals surface area contributed by atoms with Crippen LogP contribution in [0.5, 0.6) is 0 Å². The minimum absolute atomic E-state index is 0.0668. The van der Waals surface area contributed by atoms with Gasteiger partial charge in [0.25, 0.3) is 0 Å². The van der Waals surface area contributed by atoms with E-state index < -0.39 is 25.4 Å². The molecule has 4 atom stereocenters. The van der Waals surface area contributed by atoms with Gasteiger partial charge in [-0.3, -0.25) is 4.57 Å². The van der Waals surface area contributed by atoms with Crippen molar-refractivity contribution in [2.45, 2.75) is 64.1 Å². The standard InChI is InChI=1S/C11H22BO5P/c1-7(2)15-6-10-9(5-11(12)16-10)17-18(13,14)8(3)4/h7-11H,5-6H2,1-4H3,(H,13,14)/t9-,10+,11+/m0/s1. The quantitative estimate of drug-likeness (QED) is 0.590. The fraction of sp³-hybridized carbons (Fsp3) is 1.00. The van der Waals surface area contributed by atoms with Crippen LogP contribution in [0.15, 0.2) is 0 Å². The molecule has 7 heteroatoms. The Hall–Kier alpha value is 0.135. The summed E-state index contributed by atoms with van der Waals surface area (Å²) < 4.78 is 28.1. The highest BCUT2D eigenvalue weighted by molar-refractivity contribution is 7.53. The molecule has 5 nitrogen and oxygen atoms in total. The first-order valence-electron chi connectivity index (χ1n) is 6.26. The molecule has 1 fully saturated rings. The van der Waals surface area contributed by atoms with E-state index in [0.29, 0.717) is 13.0 Å². The summed E-state index contributed by atoms with van der Waals surface area (Å²) in [7, 11) is 2.07. The van der Waals surface area contributed by atoms with E-state index in [1.54, 1.807) is 13.8 Å². The van der Waals surface area contributed by atoms with Gasteiger partial charge in [-0.2, -0.15) is 0 Å². The number of hydrogen-bond donors (Lipinski definition) is 1. The summed E-state index contributed by atoms with van der Waals surface area (Å²) in [6.07, 6.45) is -0.403. The van der Waals surface area contributed by atoms with Crippen molar-refractivity contribution in [3.8, 4) is 0 Å². The Morgan fingerprint density at radius 1 is 1.44 bits per heavy atom. The van der Waals surface area contributed by atoms with Gasteiger partial charge in [0.2, 0.25) is 0 Å². The van der Waals surface area contributed by atoms with Gasteiger partial charge in [0.05, 0.1) is 24.5 Å². The summed E-state index contributed by atoms with van der Waals surface area (Å²) in [6.45, 7) is 7.44. The highest BCUT2D eigenvalue weighted by atomic mass is 31.2. The predicted octanol–water partition coefficient (Wildman–Crippen LogP) is 1.67. The van der Waals surface area contributed by atoms with E-state index in [-0.39, 0.29) is 12.2 Å². The smallest absolute Gasteiger partial charge is 0.330 e. The Balaban J connectivity index is 2.59. The van der Waals surface area contributed by atoms with Crippen LogP contribution in [0, 0.1) is 0 Å². The lowest BCUT2D eigenvalue weighted by Gasteiger charge is -2.24. The number of ether oxygens (including phenoxy) is 2. The second-order valence-corrected chi connectivity index (χ2v) is 7.50. The fourth-order valence-corrected chi connectivity index (χ4v) is 2.46. The van der Waals surface area contributed by atoms with Crippen LogP contribution in [-0.2, 0) is 18.6 Å². The highest BCUT2D eigenvalue weighted by Crippen LogP contribution is 2.50. The normalized spacial score (nSPS) is 32.1. The van der Waals surface area contributed by atoms with Crippen LogP contribution in [-0.4, -0.2) is 49.3 Å². The Labute approximate surface area is 110 Å². The third kappa shape index (κ3) is 4.67. The molecule has 0 bridgehead atoms. The Kier molecular flexibility index (Phi) is 5.87. The van der Waals surface area contributed by atoms with E-state index in [1.165, 1.54) is 0 Å². The molecule has 18 heavy (non-hydrogen) atoms. The van der Waals surface area contributed by atoms with Crippen molar-refractivity contribution < 1.29 is 23.5 Å². The molecule has 104 valence electrons. The summed E-state index contributed by atoms with van der Waals surface area (Å²) in [6, 6.07) is -0.470. The van der Waals surface area contributed by atoms with E-state index in [1.807, 2.05) is 13.8 Å². The molecule has 0 aliphatic carbocycles. The molecule has 1 rings (SSSR count). The van der Waals surface area contributed by atoms with Crippen molar-refractivity contribution in [2.24, 2.45) is 0 Å². The van der Waals surface area contributed by atoms with Crippen LogP contribution in [0.4, 0.5) is 0 Å². The monoisotopic (exact) mass is 276 g/mol. The zero-order valence-corrected chi connectivity index (χ0v) is 12.3. The van der Waals surface area contributed by atoms with Crippen LogP contribution in [0.25, 0.3) is 0 Å².